The minimum Gasteiger partial charge on any atom is -0.497 e. The van der Waals surface area contributed by atoms with Gasteiger partial charge in [0, 0.05) is 0 Å². The molecule has 1 amide bonds. The number of carbonyl (C=O) groups excluding carboxylic acids is 1. The number of rotatable bonds is 6. The van der Waals surface area contributed by atoms with Crippen LogP contribution in [0.5, 0.6) is 5.75 Å². The quantitative estimate of drug-likeness (QED) is 0.846. The van der Waals surface area contributed by atoms with Crippen LogP contribution in [0.3, 0.4) is 0 Å². The predicted octanol–water partition coefficient (Wildman–Crippen LogP) is 2.51. The maximum Gasteiger partial charge on any atom is 0.407 e. The van der Waals surface area contributed by atoms with Gasteiger partial charge in [0.15, 0.2) is 0 Å². The van der Waals surface area contributed by atoms with Crippen LogP contribution in [0.25, 0.3) is 0 Å². The highest BCUT2D eigenvalue weighted by atomic mass is 16.6. The molecule has 5 heteroatoms. The number of aliphatic hydroxyl groups excluding tert-OH is 1. The smallest absolute Gasteiger partial charge is 0.407 e. The Labute approximate surface area is 126 Å². The lowest BCUT2D eigenvalue weighted by molar-refractivity contribution is 0.0479. The molecule has 0 radical (unpaired) electrons. The third-order valence-electron chi connectivity index (χ3n) is 2.88. The van der Waals surface area contributed by atoms with Gasteiger partial charge < -0.3 is 19.9 Å². The Bertz CT molecular complexity index is 437. The van der Waals surface area contributed by atoms with Crippen LogP contribution in [0, 0.1) is 0 Å². The average Bonchev–Trinajstić information content (AvgIpc) is 2.42. The zero-order chi connectivity index (χ0) is 15.9. The van der Waals surface area contributed by atoms with Gasteiger partial charge in [-0.2, -0.15) is 0 Å². The Morgan fingerprint density at radius 2 is 1.90 bits per heavy atom. The molecule has 1 rings (SSSR count). The van der Waals surface area contributed by atoms with E-state index < -0.39 is 11.7 Å². The van der Waals surface area contributed by atoms with Crippen LogP contribution in [-0.2, 0) is 11.2 Å². The molecule has 0 unspecified atom stereocenters. The molecule has 0 aliphatic heterocycles. The van der Waals surface area contributed by atoms with Gasteiger partial charge in [-0.3, -0.25) is 0 Å². The first-order chi connectivity index (χ1) is 9.84. The minimum absolute atomic E-state index is 0.116. The first-order valence-electron chi connectivity index (χ1n) is 7.07. The van der Waals surface area contributed by atoms with E-state index in [0.717, 1.165) is 17.7 Å². The van der Waals surface area contributed by atoms with Crippen molar-refractivity contribution in [1.82, 2.24) is 5.32 Å². The number of alkyl carbamates (subject to hydrolysis) is 1. The fourth-order valence-electron chi connectivity index (χ4n) is 1.82. The molecule has 5 nitrogen and oxygen atoms in total. The molecule has 0 saturated carbocycles. The van der Waals surface area contributed by atoms with E-state index in [1.54, 1.807) is 27.9 Å². The van der Waals surface area contributed by atoms with Crippen LogP contribution in [-0.4, -0.2) is 36.6 Å². The molecular formula is C16H25NO4. The molecule has 0 aromatic heterocycles. The summed E-state index contributed by atoms with van der Waals surface area (Å²) in [5, 5.41) is 12.0. The first-order valence-corrected chi connectivity index (χ1v) is 7.07. The number of benzene rings is 1. The molecule has 1 atom stereocenters. The van der Waals surface area contributed by atoms with Gasteiger partial charge in [0.2, 0.25) is 0 Å². The monoisotopic (exact) mass is 295 g/mol. The van der Waals surface area contributed by atoms with Crippen molar-refractivity contribution < 1.29 is 19.4 Å². The van der Waals surface area contributed by atoms with E-state index in [4.69, 9.17) is 9.47 Å². The summed E-state index contributed by atoms with van der Waals surface area (Å²) in [5.41, 5.74) is 0.584. The maximum absolute atomic E-state index is 11.7. The van der Waals surface area contributed by atoms with Crippen LogP contribution < -0.4 is 10.1 Å². The standard InChI is InChI=1S/C16H25NO4/c1-16(2,3)21-15(19)17-13(11-18)8-5-12-6-9-14(20-4)10-7-12/h6-7,9-10,13,18H,5,8,11H2,1-4H3,(H,17,19)/t13-/m1/s1. The van der Waals surface area contributed by atoms with Crippen LogP contribution >= 0.6 is 0 Å². The fourth-order valence-corrected chi connectivity index (χ4v) is 1.82. The summed E-state index contributed by atoms with van der Waals surface area (Å²) in [5.74, 6) is 0.810. The van der Waals surface area contributed by atoms with E-state index in [1.807, 2.05) is 24.3 Å². The molecule has 0 aliphatic rings. The highest BCUT2D eigenvalue weighted by Crippen LogP contribution is 2.13. The van der Waals surface area contributed by atoms with E-state index >= 15 is 0 Å². The normalized spacial score (nSPS) is 12.6. The number of amides is 1. The van der Waals surface area contributed by atoms with Gasteiger partial charge in [-0.15, -0.1) is 0 Å². The van der Waals surface area contributed by atoms with Gasteiger partial charge in [0.1, 0.15) is 11.4 Å². The number of aryl methyl sites for hydroxylation is 1. The number of ether oxygens (including phenoxy) is 2. The van der Waals surface area contributed by atoms with Crippen molar-refractivity contribution in [2.75, 3.05) is 13.7 Å². The van der Waals surface area contributed by atoms with Gasteiger partial charge in [-0.05, 0) is 51.3 Å². The second kappa shape index (κ2) is 7.88. The molecular weight excluding hydrogens is 270 g/mol. The third-order valence-corrected chi connectivity index (χ3v) is 2.88. The van der Waals surface area contributed by atoms with Crippen molar-refractivity contribution in [3.05, 3.63) is 29.8 Å². The Hall–Kier alpha value is -1.75. The van der Waals surface area contributed by atoms with Crippen molar-refractivity contribution in [2.24, 2.45) is 0 Å². The first kappa shape index (κ1) is 17.3. The molecule has 1 aromatic carbocycles. The summed E-state index contributed by atoms with van der Waals surface area (Å²) in [4.78, 5) is 11.7. The number of hydrogen-bond donors (Lipinski definition) is 2. The van der Waals surface area contributed by atoms with Crippen molar-refractivity contribution in [1.29, 1.82) is 0 Å². The molecule has 0 fully saturated rings. The topological polar surface area (TPSA) is 67.8 Å². The fraction of sp³-hybridized carbons (Fsp3) is 0.562. The maximum atomic E-state index is 11.7. The van der Waals surface area contributed by atoms with Crippen LogP contribution in [0.4, 0.5) is 4.79 Å². The summed E-state index contributed by atoms with van der Waals surface area (Å²) >= 11 is 0. The van der Waals surface area contributed by atoms with Crippen molar-refractivity contribution in [2.45, 2.75) is 45.3 Å². The van der Waals surface area contributed by atoms with Crippen LogP contribution in [0.15, 0.2) is 24.3 Å². The van der Waals surface area contributed by atoms with E-state index in [-0.39, 0.29) is 12.6 Å². The van der Waals surface area contributed by atoms with E-state index in [9.17, 15) is 9.90 Å². The highest BCUT2D eigenvalue weighted by Gasteiger charge is 2.19. The molecule has 118 valence electrons. The second-order valence-corrected chi connectivity index (χ2v) is 5.91. The van der Waals surface area contributed by atoms with Crippen molar-refractivity contribution >= 4 is 6.09 Å². The SMILES string of the molecule is COc1ccc(CC[C@H](CO)NC(=O)OC(C)(C)C)cc1. The molecule has 2 N–H and O–H groups in total. The summed E-state index contributed by atoms with van der Waals surface area (Å²) in [6, 6.07) is 7.42. The lowest BCUT2D eigenvalue weighted by Crippen LogP contribution is -2.41. The highest BCUT2D eigenvalue weighted by molar-refractivity contribution is 5.68. The molecule has 0 bridgehead atoms. The van der Waals surface area contributed by atoms with E-state index in [1.165, 1.54) is 0 Å². The Morgan fingerprint density at radius 1 is 1.29 bits per heavy atom. The minimum atomic E-state index is -0.542. The van der Waals surface area contributed by atoms with Gasteiger partial charge in [-0.25, -0.2) is 4.79 Å². The number of aliphatic hydroxyl groups is 1. The zero-order valence-corrected chi connectivity index (χ0v) is 13.2. The average molecular weight is 295 g/mol. The molecule has 0 heterocycles. The van der Waals surface area contributed by atoms with Crippen LogP contribution in [0.2, 0.25) is 0 Å². The number of nitrogens with one attached hydrogen (secondary N) is 1. The zero-order valence-electron chi connectivity index (χ0n) is 13.2. The van der Waals surface area contributed by atoms with Crippen molar-refractivity contribution in [3.63, 3.8) is 0 Å². The Balaban J connectivity index is 2.44. The van der Waals surface area contributed by atoms with E-state index in [0.29, 0.717) is 6.42 Å². The van der Waals surface area contributed by atoms with Crippen molar-refractivity contribution in [3.8, 4) is 5.75 Å². The lowest BCUT2D eigenvalue weighted by atomic mass is 10.1. The van der Waals surface area contributed by atoms with Gasteiger partial charge >= 0.3 is 6.09 Å². The molecule has 0 aliphatic carbocycles. The molecule has 1 aromatic rings. The van der Waals surface area contributed by atoms with Crippen LogP contribution in [0.1, 0.15) is 32.8 Å². The summed E-state index contributed by atoms with van der Waals surface area (Å²) < 4.78 is 10.3. The number of methoxy groups -OCH3 is 1. The number of carbonyl (C=O) groups is 1. The number of hydrogen-bond acceptors (Lipinski definition) is 4. The second-order valence-electron chi connectivity index (χ2n) is 5.91. The summed E-state index contributed by atoms with van der Waals surface area (Å²) in [6.07, 6.45) is 0.892. The summed E-state index contributed by atoms with van der Waals surface area (Å²) in [6.45, 7) is 5.29. The molecule has 21 heavy (non-hydrogen) atoms. The van der Waals surface area contributed by atoms with Gasteiger partial charge in [-0.1, -0.05) is 12.1 Å². The molecule has 0 spiro atoms. The third kappa shape index (κ3) is 6.99. The largest absolute Gasteiger partial charge is 0.497 e. The lowest BCUT2D eigenvalue weighted by Gasteiger charge is -2.22. The van der Waals surface area contributed by atoms with E-state index in [2.05, 4.69) is 5.32 Å². The summed E-state index contributed by atoms with van der Waals surface area (Å²) in [7, 11) is 1.63. The van der Waals surface area contributed by atoms with Gasteiger partial charge in [0.05, 0.1) is 19.8 Å². The predicted molar refractivity (Wildman–Crippen MR) is 81.6 cm³/mol. The molecule has 0 saturated heterocycles. The Morgan fingerprint density at radius 3 is 2.38 bits per heavy atom. The Kier molecular flexibility index (Phi) is 6.49. The van der Waals surface area contributed by atoms with Gasteiger partial charge in [0.25, 0.3) is 0 Å².